The number of hydrogen-bond donors (Lipinski definition) is 2. The SMILES string of the molecule is COc1cc(-c2ccc[nH]2)[nH]c1C=C1C=CC(CCCCCCC/C=C/C(C)=O)=N1. The third-order valence-electron chi connectivity index (χ3n) is 5.09. The van der Waals surface area contributed by atoms with E-state index in [-0.39, 0.29) is 5.78 Å². The third kappa shape index (κ3) is 6.48. The molecule has 0 atom stereocenters. The predicted molar refractivity (Wildman–Crippen MR) is 124 cm³/mol. The van der Waals surface area contributed by atoms with Crippen molar-refractivity contribution in [1.82, 2.24) is 9.97 Å². The zero-order chi connectivity index (χ0) is 21.2. The van der Waals surface area contributed by atoms with E-state index in [1.807, 2.05) is 36.5 Å². The molecule has 2 aromatic heterocycles. The van der Waals surface area contributed by atoms with Crippen LogP contribution in [0, 0.1) is 0 Å². The number of carbonyl (C=O) groups excluding carboxylic acids is 1. The second-order valence-corrected chi connectivity index (χ2v) is 7.57. The minimum Gasteiger partial charge on any atom is -0.494 e. The van der Waals surface area contributed by atoms with Crippen LogP contribution in [0.2, 0.25) is 0 Å². The quantitative estimate of drug-likeness (QED) is 0.324. The van der Waals surface area contributed by atoms with Crippen LogP contribution >= 0.6 is 0 Å². The van der Waals surface area contributed by atoms with Gasteiger partial charge in [0.2, 0.25) is 0 Å². The number of aliphatic imine (C=N–C) groups is 1. The number of hydrogen-bond acceptors (Lipinski definition) is 3. The Hall–Kier alpha value is -3.08. The molecular formula is C25H31N3O2. The molecule has 30 heavy (non-hydrogen) atoms. The van der Waals surface area contributed by atoms with Crippen LogP contribution in [0.1, 0.15) is 57.6 Å². The topological polar surface area (TPSA) is 70.2 Å². The lowest BCUT2D eigenvalue weighted by atomic mass is 10.1. The van der Waals surface area contributed by atoms with Crippen molar-refractivity contribution >= 4 is 17.6 Å². The van der Waals surface area contributed by atoms with Crippen LogP contribution in [-0.4, -0.2) is 28.6 Å². The van der Waals surface area contributed by atoms with E-state index in [2.05, 4.69) is 22.1 Å². The molecule has 0 amide bonds. The summed E-state index contributed by atoms with van der Waals surface area (Å²) in [6.07, 6.45) is 19.7. The van der Waals surface area contributed by atoms with Crippen LogP contribution in [0.3, 0.4) is 0 Å². The first-order valence-electron chi connectivity index (χ1n) is 10.7. The molecular weight excluding hydrogens is 374 g/mol. The van der Waals surface area contributed by atoms with Crippen LogP contribution in [0.4, 0.5) is 0 Å². The normalized spacial score (nSPS) is 14.7. The number of ether oxygens (including phenoxy) is 1. The maximum Gasteiger partial charge on any atom is 0.152 e. The summed E-state index contributed by atoms with van der Waals surface area (Å²) in [6.45, 7) is 1.59. The molecule has 1 aliphatic rings. The maximum atomic E-state index is 10.8. The molecule has 0 saturated carbocycles. The summed E-state index contributed by atoms with van der Waals surface area (Å²) in [5, 5.41) is 0. The highest BCUT2D eigenvalue weighted by Gasteiger charge is 2.11. The molecule has 158 valence electrons. The van der Waals surface area contributed by atoms with Crippen molar-refractivity contribution in [2.45, 2.75) is 51.9 Å². The largest absolute Gasteiger partial charge is 0.494 e. The van der Waals surface area contributed by atoms with Crippen molar-refractivity contribution in [3.8, 4) is 17.1 Å². The Balaban J connectivity index is 1.44. The highest BCUT2D eigenvalue weighted by Crippen LogP contribution is 2.29. The first-order valence-corrected chi connectivity index (χ1v) is 10.7. The molecule has 3 rings (SSSR count). The Morgan fingerprint density at radius 2 is 1.97 bits per heavy atom. The Morgan fingerprint density at radius 1 is 1.13 bits per heavy atom. The Bertz CT molecular complexity index is 943. The van der Waals surface area contributed by atoms with Gasteiger partial charge in [-0.15, -0.1) is 0 Å². The van der Waals surface area contributed by atoms with Crippen molar-refractivity contribution in [3.05, 3.63) is 60.1 Å². The summed E-state index contributed by atoms with van der Waals surface area (Å²) in [5.41, 5.74) is 5.03. The average molecular weight is 406 g/mol. The molecule has 0 radical (unpaired) electrons. The first kappa shape index (κ1) is 21.6. The molecule has 0 aromatic carbocycles. The van der Waals surface area contributed by atoms with Gasteiger partial charge in [0.25, 0.3) is 0 Å². The number of aromatic amines is 2. The van der Waals surface area contributed by atoms with E-state index in [1.165, 1.54) is 19.3 Å². The Morgan fingerprint density at radius 3 is 2.73 bits per heavy atom. The van der Waals surface area contributed by atoms with Gasteiger partial charge in [0.1, 0.15) is 5.75 Å². The zero-order valence-electron chi connectivity index (χ0n) is 17.9. The lowest BCUT2D eigenvalue weighted by Crippen LogP contribution is -1.90. The molecule has 3 heterocycles. The number of rotatable bonds is 12. The molecule has 2 aromatic rings. The van der Waals surface area contributed by atoms with Crippen molar-refractivity contribution in [2.75, 3.05) is 7.11 Å². The summed E-state index contributed by atoms with van der Waals surface area (Å²) in [6, 6.07) is 6.00. The smallest absolute Gasteiger partial charge is 0.152 e. The Kier molecular flexibility index (Phi) is 8.07. The van der Waals surface area contributed by atoms with Crippen LogP contribution in [0.5, 0.6) is 5.75 Å². The number of nitrogens with zero attached hydrogens (tertiary/aromatic N) is 1. The van der Waals surface area contributed by atoms with E-state index >= 15 is 0 Å². The van der Waals surface area contributed by atoms with Crippen LogP contribution in [-0.2, 0) is 4.79 Å². The minimum atomic E-state index is 0.129. The summed E-state index contributed by atoms with van der Waals surface area (Å²) < 4.78 is 5.52. The summed E-state index contributed by atoms with van der Waals surface area (Å²) in [5.74, 6) is 0.937. The number of carbonyl (C=O) groups is 1. The van der Waals surface area contributed by atoms with E-state index in [4.69, 9.17) is 9.73 Å². The third-order valence-corrected chi connectivity index (χ3v) is 5.09. The van der Waals surface area contributed by atoms with Gasteiger partial charge in [0, 0.05) is 18.0 Å². The highest BCUT2D eigenvalue weighted by atomic mass is 16.5. The summed E-state index contributed by atoms with van der Waals surface area (Å²) in [4.78, 5) is 22.2. The molecule has 0 saturated heterocycles. The van der Waals surface area contributed by atoms with Crippen molar-refractivity contribution < 1.29 is 9.53 Å². The molecule has 5 heteroatoms. The van der Waals surface area contributed by atoms with E-state index in [0.29, 0.717) is 0 Å². The second kappa shape index (κ2) is 11.2. The molecule has 0 fully saturated rings. The zero-order valence-corrected chi connectivity index (χ0v) is 17.9. The van der Waals surface area contributed by atoms with Gasteiger partial charge in [-0.3, -0.25) is 9.79 Å². The fraction of sp³-hybridized carbons (Fsp3) is 0.360. The van der Waals surface area contributed by atoms with Gasteiger partial charge >= 0.3 is 0 Å². The van der Waals surface area contributed by atoms with Gasteiger partial charge in [-0.05, 0) is 69.0 Å². The van der Waals surface area contributed by atoms with Gasteiger partial charge in [-0.25, -0.2) is 0 Å². The number of nitrogens with one attached hydrogen (secondary N) is 2. The van der Waals surface area contributed by atoms with Crippen LogP contribution in [0.25, 0.3) is 17.5 Å². The molecule has 0 spiro atoms. The van der Waals surface area contributed by atoms with Gasteiger partial charge in [0.15, 0.2) is 5.78 Å². The van der Waals surface area contributed by atoms with Crippen molar-refractivity contribution in [1.29, 1.82) is 0 Å². The number of unbranched alkanes of at least 4 members (excludes halogenated alkanes) is 5. The summed E-state index contributed by atoms with van der Waals surface area (Å²) >= 11 is 0. The molecule has 0 bridgehead atoms. The highest BCUT2D eigenvalue weighted by molar-refractivity contribution is 5.99. The van der Waals surface area contributed by atoms with E-state index in [9.17, 15) is 4.79 Å². The predicted octanol–water partition coefficient (Wildman–Crippen LogP) is 6.25. The van der Waals surface area contributed by atoms with E-state index < -0.39 is 0 Å². The lowest BCUT2D eigenvalue weighted by molar-refractivity contribution is -0.112. The van der Waals surface area contributed by atoms with Crippen molar-refractivity contribution in [2.24, 2.45) is 4.99 Å². The summed E-state index contributed by atoms with van der Waals surface area (Å²) in [7, 11) is 1.68. The maximum absolute atomic E-state index is 10.8. The number of aromatic nitrogens is 2. The standard InChI is InChI=1S/C25H31N3O2/c1-19(29)11-8-6-4-3-5-7-9-12-20-14-15-21(27-20)17-24-25(30-2)18-23(28-24)22-13-10-16-26-22/h8,10-11,13-18,26,28H,3-7,9,12H2,1-2H3/b11-8+,21-17?. The van der Waals surface area contributed by atoms with E-state index in [1.54, 1.807) is 20.1 Å². The van der Waals surface area contributed by atoms with Crippen molar-refractivity contribution in [3.63, 3.8) is 0 Å². The van der Waals surface area contributed by atoms with Gasteiger partial charge in [-0.2, -0.15) is 0 Å². The monoisotopic (exact) mass is 405 g/mol. The van der Waals surface area contributed by atoms with Gasteiger partial charge in [-0.1, -0.05) is 25.3 Å². The molecule has 5 nitrogen and oxygen atoms in total. The van der Waals surface area contributed by atoms with E-state index in [0.717, 1.165) is 59.9 Å². The number of methoxy groups -OCH3 is 1. The van der Waals surface area contributed by atoms with Gasteiger partial charge < -0.3 is 14.7 Å². The Labute approximate surface area is 178 Å². The molecule has 1 aliphatic heterocycles. The van der Waals surface area contributed by atoms with Gasteiger partial charge in [0.05, 0.1) is 29.9 Å². The minimum absolute atomic E-state index is 0.129. The number of H-pyrrole nitrogens is 2. The lowest BCUT2D eigenvalue weighted by Gasteiger charge is -2.00. The average Bonchev–Trinajstić information content (AvgIpc) is 3.47. The number of allylic oxidation sites excluding steroid dienone is 4. The number of ketones is 1. The van der Waals surface area contributed by atoms with Crippen LogP contribution < -0.4 is 4.74 Å². The van der Waals surface area contributed by atoms with Crippen LogP contribution in [0.15, 0.2) is 59.4 Å². The second-order valence-electron chi connectivity index (χ2n) is 7.57. The fourth-order valence-corrected chi connectivity index (χ4v) is 3.51. The first-order chi connectivity index (χ1) is 14.7. The fourth-order valence-electron chi connectivity index (χ4n) is 3.51. The molecule has 2 N–H and O–H groups in total. The molecule has 0 unspecified atom stereocenters. The molecule has 0 aliphatic carbocycles.